The molecule has 0 aliphatic rings. The number of halogens is 4. The maximum absolute atomic E-state index is 13.1. The Kier molecular flexibility index (Phi) is 3.34. The van der Waals surface area contributed by atoms with Crippen molar-refractivity contribution in [1.82, 2.24) is 0 Å². The number of aliphatic hydroxyl groups is 1. The first kappa shape index (κ1) is 12.0. The van der Waals surface area contributed by atoms with E-state index in [0.29, 0.717) is 0 Å². The normalized spacial score (nSPS) is 13.3. The van der Waals surface area contributed by atoms with Crippen LogP contribution in [0.5, 0.6) is 0 Å². The van der Waals surface area contributed by atoms with E-state index in [9.17, 15) is 22.7 Å². The first-order valence-electron chi connectivity index (χ1n) is 4.37. The third-order valence-electron chi connectivity index (χ3n) is 2.07. The zero-order chi connectivity index (χ0) is 11.7. The van der Waals surface area contributed by atoms with Crippen LogP contribution in [0.4, 0.5) is 17.6 Å². The SMILES string of the molecule is CC(C)C(O)c1c(F)c(F)cc(F)c1F. The highest BCUT2D eigenvalue weighted by molar-refractivity contribution is 5.25. The van der Waals surface area contributed by atoms with Crippen LogP contribution in [0.25, 0.3) is 0 Å². The first-order chi connectivity index (χ1) is 6.86. The summed E-state index contributed by atoms with van der Waals surface area (Å²) in [4.78, 5) is 0. The van der Waals surface area contributed by atoms with Crippen molar-refractivity contribution in [3.63, 3.8) is 0 Å². The molecule has 84 valence electrons. The minimum absolute atomic E-state index is 0.112. The van der Waals surface area contributed by atoms with Crippen LogP contribution < -0.4 is 0 Å². The van der Waals surface area contributed by atoms with Gasteiger partial charge in [-0.05, 0) is 5.92 Å². The Hall–Kier alpha value is -1.10. The monoisotopic (exact) mass is 222 g/mol. The van der Waals surface area contributed by atoms with Crippen LogP contribution in [0.15, 0.2) is 6.07 Å². The molecule has 0 saturated carbocycles. The average Bonchev–Trinajstić information content (AvgIpc) is 2.15. The summed E-state index contributed by atoms with van der Waals surface area (Å²) in [7, 11) is 0. The highest BCUT2D eigenvalue weighted by atomic mass is 19.2. The van der Waals surface area contributed by atoms with Gasteiger partial charge in [-0.25, -0.2) is 17.6 Å². The molecule has 1 unspecified atom stereocenters. The number of hydrogen-bond donors (Lipinski definition) is 1. The van der Waals surface area contributed by atoms with Gasteiger partial charge < -0.3 is 5.11 Å². The van der Waals surface area contributed by atoms with Gasteiger partial charge in [0.15, 0.2) is 23.3 Å². The molecule has 15 heavy (non-hydrogen) atoms. The second-order valence-corrected chi connectivity index (χ2v) is 3.57. The number of aliphatic hydroxyl groups excluding tert-OH is 1. The molecule has 0 aliphatic heterocycles. The largest absolute Gasteiger partial charge is 0.388 e. The van der Waals surface area contributed by atoms with Crippen molar-refractivity contribution in [1.29, 1.82) is 0 Å². The van der Waals surface area contributed by atoms with Gasteiger partial charge in [0.05, 0.1) is 11.7 Å². The zero-order valence-corrected chi connectivity index (χ0v) is 8.19. The molecular weight excluding hydrogens is 212 g/mol. The van der Waals surface area contributed by atoms with Gasteiger partial charge in [0.2, 0.25) is 0 Å². The maximum Gasteiger partial charge on any atom is 0.167 e. The summed E-state index contributed by atoms with van der Waals surface area (Å²) in [6.07, 6.45) is -1.57. The number of rotatable bonds is 2. The molecule has 1 atom stereocenters. The molecule has 0 radical (unpaired) electrons. The molecule has 1 rings (SSSR count). The molecule has 0 spiro atoms. The van der Waals surface area contributed by atoms with Crippen LogP contribution in [0.2, 0.25) is 0 Å². The molecule has 0 amide bonds. The molecule has 0 bridgehead atoms. The predicted molar refractivity (Wildman–Crippen MR) is 46.1 cm³/mol. The van der Waals surface area contributed by atoms with Crippen molar-refractivity contribution in [2.24, 2.45) is 5.92 Å². The van der Waals surface area contributed by atoms with Crippen LogP contribution in [0, 0.1) is 29.2 Å². The van der Waals surface area contributed by atoms with Gasteiger partial charge in [0.1, 0.15) is 0 Å². The molecule has 0 aromatic heterocycles. The van der Waals surface area contributed by atoms with Gasteiger partial charge >= 0.3 is 0 Å². The van der Waals surface area contributed by atoms with Gasteiger partial charge in [-0.2, -0.15) is 0 Å². The van der Waals surface area contributed by atoms with E-state index in [-0.39, 0.29) is 6.07 Å². The van der Waals surface area contributed by atoms with Gasteiger partial charge in [-0.15, -0.1) is 0 Å². The fourth-order valence-corrected chi connectivity index (χ4v) is 1.18. The van der Waals surface area contributed by atoms with Gasteiger partial charge in [-0.3, -0.25) is 0 Å². The molecule has 0 aliphatic carbocycles. The molecule has 5 heteroatoms. The Labute approximate surface area is 84.3 Å². The lowest BCUT2D eigenvalue weighted by Gasteiger charge is -2.16. The molecular formula is C10H10F4O. The molecule has 0 fully saturated rings. The molecule has 1 N–H and O–H groups in total. The Bertz CT molecular complexity index is 350. The lowest BCUT2D eigenvalue weighted by molar-refractivity contribution is 0.116. The summed E-state index contributed by atoms with van der Waals surface area (Å²) in [5, 5.41) is 9.40. The topological polar surface area (TPSA) is 20.2 Å². The Balaban J connectivity index is 3.39. The fraction of sp³-hybridized carbons (Fsp3) is 0.400. The summed E-state index contributed by atoms with van der Waals surface area (Å²) in [6, 6.07) is 0.112. The number of benzene rings is 1. The smallest absolute Gasteiger partial charge is 0.167 e. The van der Waals surface area contributed by atoms with E-state index in [0.717, 1.165) is 0 Å². The summed E-state index contributed by atoms with van der Waals surface area (Å²) in [5.74, 6) is -6.66. The Morgan fingerprint density at radius 2 is 1.40 bits per heavy atom. The first-order valence-corrected chi connectivity index (χ1v) is 4.37. The van der Waals surface area contributed by atoms with E-state index in [4.69, 9.17) is 0 Å². The van der Waals surface area contributed by atoms with E-state index in [1.54, 1.807) is 0 Å². The van der Waals surface area contributed by atoms with E-state index >= 15 is 0 Å². The molecule has 0 heterocycles. The fourth-order valence-electron chi connectivity index (χ4n) is 1.18. The highest BCUT2D eigenvalue weighted by Gasteiger charge is 2.26. The maximum atomic E-state index is 13.1. The van der Waals surface area contributed by atoms with Crippen LogP contribution >= 0.6 is 0 Å². The van der Waals surface area contributed by atoms with Crippen LogP contribution in [-0.4, -0.2) is 5.11 Å². The van der Waals surface area contributed by atoms with Crippen LogP contribution in [0.3, 0.4) is 0 Å². The standard InChI is InChI=1S/C10H10F4O/c1-4(2)10(15)7-8(13)5(11)3-6(12)9(7)14/h3-4,10,15H,1-2H3. The van der Waals surface area contributed by atoms with Gasteiger partial charge in [-0.1, -0.05) is 13.8 Å². The molecule has 1 nitrogen and oxygen atoms in total. The Morgan fingerprint density at radius 1 is 1.00 bits per heavy atom. The van der Waals surface area contributed by atoms with Crippen molar-refractivity contribution in [3.8, 4) is 0 Å². The second kappa shape index (κ2) is 4.18. The molecule has 0 saturated heterocycles. The van der Waals surface area contributed by atoms with E-state index in [1.807, 2.05) is 0 Å². The van der Waals surface area contributed by atoms with Crippen molar-refractivity contribution in [2.75, 3.05) is 0 Å². The molecule has 1 aromatic carbocycles. The summed E-state index contributed by atoms with van der Waals surface area (Å²) < 4.78 is 51.7. The quantitative estimate of drug-likeness (QED) is 0.602. The summed E-state index contributed by atoms with van der Waals surface area (Å²) in [5.41, 5.74) is -0.956. The zero-order valence-electron chi connectivity index (χ0n) is 8.19. The minimum Gasteiger partial charge on any atom is -0.388 e. The molecule has 1 aromatic rings. The Morgan fingerprint density at radius 3 is 1.73 bits per heavy atom. The van der Waals surface area contributed by atoms with Crippen molar-refractivity contribution in [2.45, 2.75) is 20.0 Å². The lowest BCUT2D eigenvalue weighted by atomic mass is 9.98. The number of hydrogen-bond acceptors (Lipinski definition) is 1. The lowest BCUT2D eigenvalue weighted by Crippen LogP contribution is -2.13. The minimum atomic E-state index is -1.57. The summed E-state index contributed by atoms with van der Waals surface area (Å²) >= 11 is 0. The van der Waals surface area contributed by atoms with Gasteiger partial charge in [0, 0.05) is 6.07 Å². The van der Waals surface area contributed by atoms with Crippen LogP contribution in [0.1, 0.15) is 25.5 Å². The van der Waals surface area contributed by atoms with E-state index in [1.165, 1.54) is 13.8 Å². The summed E-state index contributed by atoms with van der Waals surface area (Å²) in [6.45, 7) is 2.96. The van der Waals surface area contributed by atoms with E-state index < -0.39 is 40.9 Å². The predicted octanol–water partition coefficient (Wildman–Crippen LogP) is 2.93. The van der Waals surface area contributed by atoms with Crippen LogP contribution in [-0.2, 0) is 0 Å². The van der Waals surface area contributed by atoms with E-state index in [2.05, 4.69) is 0 Å². The van der Waals surface area contributed by atoms with Crippen molar-refractivity contribution < 1.29 is 22.7 Å². The van der Waals surface area contributed by atoms with Crippen molar-refractivity contribution in [3.05, 3.63) is 34.9 Å². The third-order valence-corrected chi connectivity index (χ3v) is 2.07. The average molecular weight is 222 g/mol. The highest BCUT2D eigenvalue weighted by Crippen LogP contribution is 2.29. The van der Waals surface area contributed by atoms with Crippen molar-refractivity contribution >= 4 is 0 Å². The third kappa shape index (κ3) is 2.12. The second-order valence-electron chi connectivity index (χ2n) is 3.57. The van der Waals surface area contributed by atoms with Gasteiger partial charge in [0.25, 0.3) is 0 Å².